The Kier molecular flexibility index (Phi) is 4.34. The number of nitrogens with zero attached hydrogens (tertiary/aromatic N) is 1. The van der Waals surface area contributed by atoms with Crippen molar-refractivity contribution in [1.82, 2.24) is 0 Å². The number of carbonyl (C=O) groups excluding carboxylic acids is 1. The summed E-state index contributed by atoms with van der Waals surface area (Å²) in [4.78, 5) is 11.7. The van der Waals surface area contributed by atoms with Crippen LogP contribution in [-0.4, -0.2) is 12.6 Å². The lowest BCUT2D eigenvalue weighted by Gasteiger charge is -2.15. The maximum atomic E-state index is 11.7. The molecule has 0 amide bonds. The SMILES string of the molecule is CCC(C(=O)OCC#N)c1ccccc1N. The number of hydrogen-bond acceptors (Lipinski definition) is 4. The van der Waals surface area contributed by atoms with Gasteiger partial charge in [0.1, 0.15) is 6.07 Å². The lowest BCUT2D eigenvalue weighted by molar-refractivity contribution is -0.144. The van der Waals surface area contributed by atoms with Crippen LogP contribution in [0.15, 0.2) is 24.3 Å². The van der Waals surface area contributed by atoms with E-state index in [0.29, 0.717) is 12.1 Å². The molecule has 1 aromatic carbocycles. The smallest absolute Gasteiger partial charge is 0.314 e. The third-order valence-electron chi connectivity index (χ3n) is 2.34. The van der Waals surface area contributed by atoms with Crippen molar-refractivity contribution >= 4 is 11.7 Å². The highest BCUT2D eigenvalue weighted by molar-refractivity contribution is 5.80. The number of carbonyl (C=O) groups is 1. The average molecular weight is 218 g/mol. The second-order valence-electron chi connectivity index (χ2n) is 3.36. The fourth-order valence-electron chi connectivity index (χ4n) is 1.55. The Balaban J connectivity index is 2.87. The zero-order chi connectivity index (χ0) is 12.0. The van der Waals surface area contributed by atoms with E-state index < -0.39 is 11.9 Å². The van der Waals surface area contributed by atoms with Crippen LogP contribution in [0.3, 0.4) is 0 Å². The summed E-state index contributed by atoms with van der Waals surface area (Å²) in [6, 6.07) is 8.95. The Labute approximate surface area is 94.6 Å². The predicted octanol–water partition coefficient (Wildman–Crippen LogP) is 1.83. The van der Waals surface area contributed by atoms with E-state index in [4.69, 9.17) is 15.7 Å². The number of anilines is 1. The minimum Gasteiger partial charge on any atom is -0.450 e. The molecule has 1 atom stereocenters. The summed E-state index contributed by atoms with van der Waals surface area (Å²) in [6.45, 7) is 1.66. The molecule has 2 N–H and O–H groups in total. The predicted molar refractivity (Wildman–Crippen MR) is 60.5 cm³/mol. The second-order valence-corrected chi connectivity index (χ2v) is 3.36. The molecule has 4 nitrogen and oxygen atoms in total. The molecule has 84 valence electrons. The highest BCUT2D eigenvalue weighted by atomic mass is 16.5. The van der Waals surface area contributed by atoms with E-state index in [9.17, 15) is 4.79 Å². The van der Waals surface area contributed by atoms with Crippen LogP contribution in [0.25, 0.3) is 0 Å². The fourth-order valence-corrected chi connectivity index (χ4v) is 1.55. The Morgan fingerprint density at radius 1 is 1.56 bits per heavy atom. The minimum atomic E-state index is -0.401. The van der Waals surface area contributed by atoms with Crippen molar-refractivity contribution in [2.24, 2.45) is 0 Å². The van der Waals surface area contributed by atoms with Crippen molar-refractivity contribution in [2.75, 3.05) is 12.3 Å². The van der Waals surface area contributed by atoms with Crippen LogP contribution in [0, 0.1) is 11.3 Å². The standard InChI is InChI=1S/C12H14N2O2/c1-2-9(12(15)16-8-7-13)10-5-3-4-6-11(10)14/h3-6,9H,2,8,14H2,1H3. The molecule has 0 aliphatic carbocycles. The van der Waals surface area contributed by atoms with Gasteiger partial charge in [-0.15, -0.1) is 0 Å². The molecule has 0 radical (unpaired) electrons. The summed E-state index contributed by atoms with van der Waals surface area (Å²) >= 11 is 0. The van der Waals surface area contributed by atoms with Gasteiger partial charge in [0.25, 0.3) is 0 Å². The summed E-state index contributed by atoms with van der Waals surface area (Å²) in [7, 11) is 0. The van der Waals surface area contributed by atoms with Gasteiger partial charge in [0.2, 0.25) is 0 Å². The fraction of sp³-hybridized carbons (Fsp3) is 0.333. The monoisotopic (exact) mass is 218 g/mol. The first kappa shape index (κ1) is 12.1. The molecule has 0 saturated heterocycles. The van der Waals surface area contributed by atoms with Gasteiger partial charge in [-0.25, -0.2) is 0 Å². The first-order valence-electron chi connectivity index (χ1n) is 5.08. The lowest BCUT2D eigenvalue weighted by Crippen LogP contribution is -2.16. The van der Waals surface area contributed by atoms with Gasteiger partial charge in [0, 0.05) is 5.69 Å². The highest BCUT2D eigenvalue weighted by Crippen LogP contribution is 2.26. The average Bonchev–Trinajstić information content (AvgIpc) is 2.30. The topological polar surface area (TPSA) is 76.1 Å². The molecular formula is C12H14N2O2. The molecular weight excluding hydrogens is 204 g/mol. The number of nitrogens with two attached hydrogens (primary N) is 1. The van der Waals surface area contributed by atoms with E-state index in [0.717, 1.165) is 5.56 Å². The van der Waals surface area contributed by atoms with Gasteiger partial charge in [-0.1, -0.05) is 25.1 Å². The van der Waals surface area contributed by atoms with Gasteiger partial charge in [-0.3, -0.25) is 4.79 Å². The Morgan fingerprint density at radius 3 is 2.81 bits per heavy atom. The van der Waals surface area contributed by atoms with Gasteiger partial charge >= 0.3 is 5.97 Å². The summed E-state index contributed by atoms with van der Waals surface area (Å²) in [5.41, 5.74) is 7.12. The minimum absolute atomic E-state index is 0.220. The van der Waals surface area contributed by atoms with Crippen LogP contribution in [-0.2, 0) is 9.53 Å². The Bertz CT molecular complexity index is 410. The van der Waals surface area contributed by atoms with Crippen molar-refractivity contribution < 1.29 is 9.53 Å². The number of benzene rings is 1. The Morgan fingerprint density at radius 2 is 2.25 bits per heavy atom. The number of hydrogen-bond donors (Lipinski definition) is 1. The van der Waals surface area contributed by atoms with Crippen molar-refractivity contribution in [1.29, 1.82) is 5.26 Å². The summed E-state index contributed by atoms with van der Waals surface area (Å²) in [5, 5.41) is 8.34. The van der Waals surface area contributed by atoms with Crippen LogP contribution >= 0.6 is 0 Å². The van der Waals surface area contributed by atoms with Gasteiger partial charge in [0.15, 0.2) is 6.61 Å². The molecule has 0 aromatic heterocycles. The summed E-state index contributed by atoms with van der Waals surface area (Å²) < 4.78 is 4.80. The van der Waals surface area contributed by atoms with E-state index in [1.165, 1.54) is 0 Å². The summed E-state index contributed by atoms with van der Waals surface area (Å²) in [6.07, 6.45) is 0.596. The number of rotatable bonds is 4. The van der Waals surface area contributed by atoms with Gasteiger partial charge < -0.3 is 10.5 Å². The van der Waals surface area contributed by atoms with E-state index in [-0.39, 0.29) is 6.61 Å². The van der Waals surface area contributed by atoms with E-state index in [1.807, 2.05) is 19.1 Å². The maximum absolute atomic E-state index is 11.7. The number of ether oxygens (including phenoxy) is 1. The zero-order valence-corrected chi connectivity index (χ0v) is 9.14. The molecule has 0 fully saturated rings. The van der Waals surface area contributed by atoms with E-state index >= 15 is 0 Å². The first-order chi connectivity index (χ1) is 7.70. The third kappa shape index (κ3) is 2.74. The molecule has 0 aliphatic rings. The van der Waals surface area contributed by atoms with Crippen LogP contribution in [0.2, 0.25) is 0 Å². The van der Waals surface area contributed by atoms with E-state index in [2.05, 4.69) is 0 Å². The molecule has 16 heavy (non-hydrogen) atoms. The molecule has 0 spiro atoms. The molecule has 1 unspecified atom stereocenters. The number of nitriles is 1. The maximum Gasteiger partial charge on any atom is 0.314 e. The molecule has 0 saturated carbocycles. The Hall–Kier alpha value is -2.02. The highest BCUT2D eigenvalue weighted by Gasteiger charge is 2.21. The normalized spacial score (nSPS) is 11.5. The quantitative estimate of drug-likeness (QED) is 0.617. The van der Waals surface area contributed by atoms with Gasteiger partial charge in [-0.05, 0) is 18.1 Å². The van der Waals surface area contributed by atoms with Crippen LogP contribution in [0.4, 0.5) is 5.69 Å². The van der Waals surface area contributed by atoms with Crippen molar-refractivity contribution in [3.63, 3.8) is 0 Å². The zero-order valence-electron chi connectivity index (χ0n) is 9.14. The van der Waals surface area contributed by atoms with E-state index in [1.54, 1.807) is 18.2 Å². The number of esters is 1. The molecule has 0 bridgehead atoms. The van der Waals surface area contributed by atoms with Crippen molar-refractivity contribution in [3.05, 3.63) is 29.8 Å². The van der Waals surface area contributed by atoms with Crippen LogP contribution in [0.1, 0.15) is 24.8 Å². The molecule has 0 heterocycles. The van der Waals surface area contributed by atoms with Gasteiger partial charge in [0.05, 0.1) is 5.92 Å². The second kappa shape index (κ2) is 5.76. The largest absolute Gasteiger partial charge is 0.450 e. The summed E-state index contributed by atoms with van der Waals surface area (Å²) in [5.74, 6) is -0.795. The molecule has 0 aliphatic heterocycles. The van der Waals surface area contributed by atoms with Crippen LogP contribution in [0.5, 0.6) is 0 Å². The first-order valence-corrected chi connectivity index (χ1v) is 5.08. The van der Waals surface area contributed by atoms with Crippen molar-refractivity contribution in [2.45, 2.75) is 19.3 Å². The number of nitrogen functional groups attached to an aromatic ring is 1. The molecule has 1 rings (SSSR count). The number of para-hydroxylation sites is 1. The lowest BCUT2D eigenvalue weighted by atomic mass is 9.95. The molecule has 4 heteroatoms. The van der Waals surface area contributed by atoms with Crippen LogP contribution < -0.4 is 5.73 Å². The molecule has 1 aromatic rings. The van der Waals surface area contributed by atoms with Crippen molar-refractivity contribution in [3.8, 4) is 6.07 Å². The third-order valence-corrected chi connectivity index (χ3v) is 2.34. The van der Waals surface area contributed by atoms with Gasteiger partial charge in [-0.2, -0.15) is 5.26 Å².